The van der Waals surface area contributed by atoms with E-state index in [0.29, 0.717) is 28.4 Å². The van der Waals surface area contributed by atoms with Crippen LogP contribution >= 0.6 is 22.9 Å². The van der Waals surface area contributed by atoms with Gasteiger partial charge in [0.1, 0.15) is 6.04 Å². The molecule has 1 aliphatic rings. The molecule has 10 heteroatoms. The number of fused-ring (bicyclic) bond motifs is 1. The molecule has 0 bridgehead atoms. The highest BCUT2D eigenvalue weighted by molar-refractivity contribution is 7.14. The molecule has 0 saturated heterocycles. The minimum Gasteiger partial charge on any atom is -0.341 e. The van der Waals surface area contributed by atoms with Crippen molar-refractivity contribution in [1.29, 1.82) is 0 Å². The summed E-state index contributed by atoms with van der Waals surface area (Å²) in [5, 5.41) is 7.13. The summed E-state index contributed by atoms with van der Waals surface area (Å²) in [6.07, 6.45) is 5.34. The molecule has 3 heterocycles. The number of nitrogens with zero attached hydrogens (tertiary/aromatic N) is 3. The van der Waals surface area contributed by atoms with Crippen molar-refractivity contribution in [3.8, 4) is 11.1 Å². The standard InChI is InChI=1S/C18H18ClF2N5OS/c1-9-11(12-7-24-26-8-10(19)6-23-16(12)26)5-14(28-9)17(27)25-15-13(22)3-2-4-18(15,20)21/h5-8,13,15H,2-4,22H2,1H3,(H,25,27)/t13?,15-/m1/s1. The van der Waals surface area contributed by atoms with Gasteiger partial charge in [0.2, 0.25) is 0 Å². The van der Waals surface area contributed by atoms with E-state index in [4.69, 9.17) is 17.3 Å². The third-order valence-corrected chi connectivity index (χ3v) is 6.22. The second kappa shape index (κ2) is 7.06. The number of hydrogen-bond donors (Lipinski definition) is 2. The van der Waals surface area contributed by atoms with Gasteiger partial charge in [0.15, 0.2) is 5.65 Å². The fourth-order valence-electron chi connectivity index (χ4n) is 3.54. The van der Waals surface area contributed by atoms with Crippen LogP contribution < -0.4 is 11.1 Å². The van der Waals surface area contributed by atoms with Gasteiger partial charge < -0.3 is 11.1 Å². The molecule has 3 N–H and O–H groups in total. The monoisotopic (exact) mass is 425 g/mol. The zero-order valence-corrected chi connectivity index (χ0v) is 16.5. The topological polar surface area (TPSA) is 85.3 Å². The minimum atomic E-state index is -3.01. The van der Waals surface area contributed by atoms with E-state index in [0.717, 1.165) is 16.0 Å². The van der Waals surface area contributed by atoms with Gasteiger partial charge in [0.05, 0.1) is 22.3 Å². The number of carbonyl (C=O) groups excluding carboxylic acids is 1. The molecule has 6 nitrogen and oxygen atoms in total. The lowest BCUT2D eigenvalue weighted by atomic mass is 9.87. The molecule has 0 aromatic carbocycles. The average Bonchev–Trinajstić information content (AvgIpc) is 3.20. The average molecular weight is 426 g/mol. The van der Waals surface area contributed by atoms with Crippen molar-refractivity contribution in [1.82, 2.24) is 19.9 Å². The molecule has 1 saturated carbocycles. The molecular formula is C18H18ClF2N5OS. The number of aromatic nitrogens is 3. The predicted molar refractivity (Wildman–Crippen MR) is 104 cm³/mol. The molecule has 2 atom stereocenters. The van der Waals surface area contributed by atoms with Crippen molar-refractivity contribution in [3.63, 3.8) is 0 Å². The number of aryl methyl sites for hydroxylation is 1. The Bertz CT molecular complexity index is 1050. The van der Waals surface area contributed by atoms with Crippen LogP contribution in [0.25, 0.3) is 16.8 Å². The van der Waals surface area contributed by atoms with Crippen LogP contribution in [0.5, 0.6) is 0 Å². The van der Waals surface area contributed by atoms with Gasteiger partial charge in [-0.1, -0.05) is 11.6 Å². The zero-order valence-electron chi connectivity index (χ0n) is 15.0. The molecule has 4 rings (SSSR count). The summed E-state index contributed by atoms with van der Waals surface area (Å²) in [7, 11) is 0. The lowest BCUT2D eigenvalue weighted by molar-refractivity contribution is -0.0674. The van der Waals surface area contributed by atoms with Gasteiger partial charge in [-0.2, -0.15) is 5.10 Å². The Balaban J connectivity index is 1.63. The molecule has 1 unspecified atom stereocenters. The number of hydrogen-bond acceptors (Lipinski definition) is 5. The Kier molecular flexibility index (Phi) is 4.84. The maximum Gasteiger partial charge on any atom is 0.269 e. The highest BCUT2D eigenvalue weighted by Gasteiger charge is 2.46. The first kappa shape index (κ1) is 19.2. The first-order chi connectivity index (χ1) is 13.3. The molecule has 0 aliphatic heterocycles. The number of carbonyl (C=O) groups is 1. The number of rotatable bonds is 3. The van der Waals surface area contributed by atoms with Crippen LogP contribution in [-0.4, -0.2) is 38.5 Å². The Morgan fingerprint density at radius 1 is 1.43 bits per heavy atom. The summed E-state index contributed by atoms with van der Waals surface area (Å²) in [4.78, 5) is 18.1. The summed E-state index contributed by atoms with van der Waals surface area (Å²) in [6, 6.07) is -0.447. The maximum absolute atomic E-state index is 14.2. The van der Waals surface area contributed by atoms with Crippen molar-refractivity contribution in [3.05, 3.63) is 39.4 Å². The number of nitrogens with two attached hydrogens (primary N) is 1. The summed E-state index contributed by atoms with van der Waals surface area (Å²) in [5.41, 5.74) is 7.96. The fourth-order valence-corrected chi connectivity index (χ4v) is 4.62. The third-order valence-electron chi connectivity index (χ3n) is 4.97. The van der Waals surface area contributed by atoms with Crippen molar-refractivity contribution in [2.24, 2.45) is 5.73 Å². The van der Waals surface area contributed by atoms with E-state index < -0.39 is 23.9 Å². The molecule has 1 aliphatic carbocycles. The Hall–Kier alpha value is -2.10. The van der Waals surface area contributed by atoms with Crippen LogP contribution in [0.15, 0.2) is 24.7 Å². The third kappa shape index (κ3) is 3.38. The van der Waals surface area contributed by atoms with E-state index >= 15 is 0 Å². The normalized spacial score (nSPS) is 21.8. The van der Waals surface area contributed by atoms with Gasteiger partial charge in [0, 0.05) is 34.7 Å². The first-order valence-corrected chi connectivity index (χ1v) is 9.99. The van der Waals surface area contributed by atoms with Crippen LogP contribution in [0.2, 0.25) is 5.02 Å². The van der Waals surface area contributed by atoms with Crippen LogP contribution in [-0.2, 0) is 0 Å². The molecule has 148 valence electrons. The van der Waals surface area contributed by atoms with Crippen molar-refractivity contribution >= 4 is 34.5 Å². The number of alkyl halides is 2. The van der Waals surface area contributed by atoms with Crippen LogP contribution in [0, 0.1) is 6.92 Å². The Morgan fingerprint density at radius 3 is 2.96 bits per heavy atom. The molecule has 3 aromatic heterocycles. The largest absolute Gasteiger partial charge is 0.341 e. The van der Waals surface area contributed by atoms with Gasteiger partial charge in [-0.25, -0.2) is 18.3 Å². The maximum atomic E-state index is 14.2. The van der Waals surface area contributed by atoms with Crippen molar-refractivity contribution in [2.45, 2.75) is 44.2 Å². The summed E-state index contributed by atoms with van der Waals surface area (Å²) in [5.74, 6) is -3.55. The second-order valence-corrected chi connectivity index (χ2v) is 8.64. The molecule has 0 radical (unpaired) electrons. The number of thiophene rings is 1. The summed E-state index contributed by atoms with van der Waals surface area (Å²) >= 11 is 7.17. The smallest absolute Gasteiger partial charge is 0.269 e. The van der Waals surface area contributed by atoms with E-state index in [1.165, 1.54) is 17.5 Å². The highest BCUT2D eigenvalue weighted by Crippen LogP contribution is 2.35. The minimum absolute atomic E-state index is 0.267. The highest BCUT2D eigenvalue weighted by atomic mass is 35.5. The van der Waals surface area contributed by atoms with E-state index in [9.17, 15) is 13.6 Å². The number of halogens is 3. The van der Waals surface area contributed by atoms with Gasteiger partial charge in [-0.15, -0.1) is 11.3 Å². The van der Waals surface area contributed by atoms with E-state index in [2.05, 4.69) is 15.4 Å². The lowest BCUT2D eigenvalue weighted by Crippen LogP contribution is -2.59. The molecule has 1 amide bonds. The van der Waals surface area contributed by atoms with E-state index in [-0.39, 0.29) is 6.42 Å². The van der Waals surface area contributed by atoms with Gasteiger partial charge >= 0.3 is 0 Å². The quantitative estimate of drug-likeness (QED) is 0.670. The molecule has 0 spiro atoms. The molecular weight excluding hydrogens is 408 g/mol. The van der Waals surface area contributed by atoms with Crippen LogP contribution in [0.3, 0.4) is 0 Å². The van der Waals surface area contributed by atoms with Gasteiger partial charge in [-0.05, 0) is 25.8 Å². The fraction of sp³-hybridized carbons (Fsp3) is 0.389. The van der Waals surface area contributed by atoms with Crippen molar-refractivity contribution in [2.75, 3.05) is 0 Å². The summed E-state index contributed by atoms with van der Waals surface area (Å²) in [6.45, 7) is 1.86. The number of amides is 1. The molecule has 1 fully saturated rings. The van der Waals surface area contributed by atoms with E-state index in [1.807, 2.05) is 6.92 Å². The molecule has 3 aromatic rings. The first-order valence-electron chi connectivity index (χ1n) is 8.80. The predicted octanol–water partition coefficient (Wildman–Crippen LogP) is 3.66. The van der Waals surface area contributed by atoms with Crippen molar-refractivity contribution < 1.29 is 13.6 Å². The SMILES string of the molecule is Cc1sc(C(=O)N[C@@H]2C(N)CCCC2(F)F)cc1-c1cnn2cc(Cl)cnc12. The number of nitrogens with one attached hydrogen (secondary N) is 1. The lowest BCUT2D eigenvalue weighted by Gasteiger charge is -2.36. The Morgan fingerprint density at radius 2 is 2.21 bits per heavy atom. The second-order valence-electron chi connectivity index (χ2n) is 6.95. The summed E-state index contributed by atoms with van der Waals surface area (Å²) < 4.78 is 29.9. The Labute approximate surface area is 168 Å². The van der Waals surface area contributed by atoms with Crippen LogP contribution in [0.1, 0.15) is 33.8 Å². The van der Waals surface area contributed by atoms with Crippen LogP contribution in [0.4, 0.5) is 8.78 Å². The van der Waals surface area contributed by atoms with Gasteiger partial charge in [-0.3, -0.25) is 4.79 Å². The molecule has 28 heavy (non-hydrogen) atoms. The van der Waals surface area contributed by atoms with E-state index in [1.54, 1.807) is 23.0 Å². The van der Waals surface area contributed by atoms with Gasteiger partial charge in [0.25, 0.3) is 11.8 Å². The zero-order chi connectivity index (χ0) is 20.1.